The normalized spacial score (nSPS) is 16.0. The number of rotatable bonds is 9. The molecule has 5 heteroatoms. The van der Waals surface area contributed by atoms with Crippen molar-refractivity contribution in [3.05, 3.63) is 35.4 Å². The highest BCUT2D eigenvalue weighted by Crippen LogP contribution is 2.30. The van der Waals surface area contributed by atoms with Crippen molar-refractivity contribution in [1.29, 1.82) is 0 Å². The number of amides is 1. The molecule has 24 heavy (non-hydrogen) atoms. The molecule has 1 aromatic carbocycles. The fourth-order valence-electron chi connectivity index (χ4n) is 3.41. The van der Waals surface area contributed by atoms with Gasteiger partial charge >= 0.3 is 5.97 Å². The molecule has 1 saturated carbocycles. The Morgan fingerprint density at radius 3 is 2.75 bits per heavy atom. The molecule has 0 heterocycles. The van der Waals surface area contributed by atoms with Crippen LogP contribution >= 0.6 is 0 Å². The van der Waals surface area contributed by atoms with Gasteiger partial charge in [-0.2, -0.15) is 0 Å². The van der Waals surface area contributed by atoms with E-state index in [1.807, 2.05) is 6.92 Å². The first-order valence-corrected chi connectivity index (χ1v) is 8.80. The van der Waals surface area contributed by atoms with Crippen LogP contribution in [-0.2, 0) is 16.0 Å². The van der Waals surface area contributed by atoms with Crippen molar-refractivity contribution in [3.8, 4) is 0 Å². The Hall–Kier alpha value is -1.88. The van der Waals surface area contributed by atoms with Crippen molar-refractivity contribution in [2.24, 2.45) is 5.92 Å². The SMILES string of the molecule is CCOC(CCNC(=O)Cc1cccc(C(=O)O)c1)C1CCCC1. The average Bonchev–Trinajstić information content (AvgIpc) is 3.08. The van der Waals surface area contributed by atoms with Crippen molar-refractivity contribution in [2.45, 2.75) is 51.6 Å². The number of carbonyl (C=O) groups excluding carboxylic acids is 1. The number of carboxylic acid groups (broad SMARTS) is 1. The summed E-state index contributed by atoms with van der Waals surface area (Å²) in [6, 6.07) is 6.51. The maximum atomic E-state index is 12.1. The molecule has 0 spiro atoms. The molecule has 0 aromatic heterocycles. The van der Waals surface area contributed by atoms with E-state index >= 15 is 0 Å². The second-order valence-electron chi connectivity index (χ2n) is 6.36. The molecule has 1 aliphatic rings. The third-order valence-corrected chi connectivity index (χ3v) is 4.60. The fourth-order valence-corrected chi connectivity index (χ4v) is 3.41. The third kappa shape index (κ3) is 5.64. The van der Waals surface area contributed by atoms with Crippen LogP contribution in [0.15, 0.2) is 24.3 Å². The molecule has 2 N–H and O–H groups in total. The fraction of sp³-hybridized carbons (Fsp3) is 0.579. The van der Waals surface area contributed by atoms with Crippen LogP contribution < -0.4 is 5.32 Å². The lowest BCUT2D eigenvalue weighted by Crippen LogP contribution is -2.31. The Morgan fingerprint density at radius 1 is 1.33 bits per heavy atom. The smallest absolute Gasteiger partial charge is 0.335 e. The van der Waals surface area contributed by atoms with Crippen LogP contribution in [-0.4, -0.2) is 36.2 Å². The van der Waals surface area contributed by atoms with Crippen molar-refractivity contribution in [2.75, 3.05) is 13.2 Å². The predicted molar refractivity (Wildman–Crippen MR) is 92.1 cm³/mol. The lowest BCUT2D eigenvalue weighted by atomic mass is 9.98. The zero-order chi connectivity index (χ0) is 17.4. The highest BCUT2D eigenvalue weighted by atomic mass is 16.5. The van der Waals surface area contributed by atoms with E-state index in [1.54, 1.807) is 18.2 Å². The van der Waals surface area contributed by atoms with Crippen molar-refractivity contribution in [3.63, 3.8) is 0 Å². The monoisotopic (exact) mass is 333 g/mol. The van der Waals surface area contributed by atoms with E-state index in [0.717, 1.165) is 6.42 Å². The molecular formula is C19H27NO4. The molecule has 1 aromatic rings. The van der Waals surface area contributed by atoms with E-state index < -0.39 is 5.97 Å². The van der Waals surface area contributed by atoms with Gasteiger partial charge in [0.1, 0.15) is 0 Å². The standard InChI is InChI=1S/C19H27NO4/c1-2-24-17(15-7-3-4-8-15)10-11-20-18(21)13-14-6-5-9-16(12-14)19(22)23/h5-6,9,12,15,17H,2-4,7-8,10-11,13H2,1H3,(H,20,21)(H,22,23). The van der Waals surface area contributed by atoms with Crippen LogP contribution in [0.4, 0.5) is 0 Å². The molecule has 132 valence electrons. The van der Waals surface area contributed by atoms with Crippen LogP contribution in [0.5, 0.6) is 0 Å². The summed E-state index contributed by atoms with van der Waals surface area (Å²) < 4.78 is 5.85. The highest BCUT2D eigenvalue weighted by Gasteiger charge is 2.25. The summed E-state index contributed by atoms with van der Waals surface area (Å²) in [4.78, 5) is 23.0. The van der Waals surface area contributed by atoms with E-state index in [9.17, 15) is 9.59 Å². The first-order chi connectivity index (χ1) is 11.6. The molecule has 1 aliphatic carbocycles. The molecule has 1 fully saturated rings. The maximum absolute atomic E-state index is 12.1. The molecule has 0 radical (unpaired) electrons. The van der Waals surface area contributed by atoms with E-state index in [0.29, 0.717) is 24.6 Å². The minimum absolute atomic E-state index is 0.0841. The summed E-state index contributed by atoms with van der Waals surface area (Å²) in [5.41, 5.74) is 0.919. The second kappa shape index (κ2) is 9.42. The molecule has 5 nitrogen and oxygen atoms in total. The van der Waals surface area contributed by atoms with Crippen LogP contribution in [0.1, 0.15) is 54.9 Å². The third-order valence-electron chi connectivity index (χ3n) is 4.60. The first kappa shape index (κ1) is 18.5. The van der Waals surface area contributed by atoms with Crippen LogP contribution in [0.25, 0.3) is 0 Å². The average molecular weight is 333 g/mol. The van der Waals surface area contributed by atoms with Gasteiger partial charge in [0.2, 0.25) is 5.91 Å². The van der Waals surface area contributed by atoms with E-state index in [-0.39, 0.29) is 24.0 Å². The minimum Gasteiger partial charge on any atom is -0.478 e. The Labute approximate surface area is 143 Å². The van der Waals surface area contributed by atoms with Gasteiger partial charge in [-0.1, -0.05) is 25.0 Å². The number of hydrogen-bond acceptors (Lipinski definition) is 3. The van der Waals surface area contributed by atoms with Gasteiger partial charge in [0.15, 0.2) is 0 Å². The van der Waals surface area contributed by atoms with Gasteiger partial charge in [0, 0.05) is 13.2 Å². The minimum atomic E-state index is -0.978. The molecule has 0 bridgehead atoms. The topological polar surface area (TPSA) is 75.6 Å². The number of hydrogen-bond donors (Lipinski definition) is 2. The summed E-state index contributed by atoms with van der Waals surface area (Å²) in [5, 5.41) is 11.9. The summed E-state index contributed by atoms with van der Waals surface area (Å²) in [6.45, 7) is 3.31. The van der Waals surface area contributed by atoms with Gasteiger partial charge < -0.3 is 15.2 Å². The van der Waals surface area contributed by atoms with Crippen molar-refractivity contribution in [1.82, 2.24) is 5.32 Å². The largest absolute Gasteiger partial charge is 0.478 e. The zero-order valence-electron chi connectivity index (χ0n) is 14.3. The number of aromatic carboxylic acids is 1. The Morgan fingerprint density at radius 2 is 2.08 bits per heavy atom. The van der Waals surface area contributed by atoms with E-state index in [1.165, 1.54) is 31.7 Å². The van der Waals surface area contributed by atoms with E-state index in [4.69, 9.17) is 9.84 Å². The van der Waals surface area contributed by atoms with Gasteiger partial charge in [0.25, 0.3) is 0 Å². The quantitative estimate of drug-likeness (QED) is 0.728. The second-order valence-corrected chi connectivity index (χ2v) is 6.36. The van der Waals surface area contributed by atoms with Crippen LogP contribution in [0, 0.1) is 5.92 Å². The van der Waals surface area contributed by atoms with Gasteiger partial charge in [-0.15, -0.1) is 0 Å². The lowest BCUT2D eigenvalue weighted by Gasteiger charge is -2.23. The van der Waals surface area contributed by atoms with Gasteiger partial charge in [0.05, 0.1) is 18.1 Å². The van der Waals surface area contributed by atoms with Gasteiger partial charge in [-0.05, 0) is 49.8 Å². The van der Waals surface area contributed by atoms with Gasteiger partial charge in [-0.3, -0.25) is 4.79 Å². The summed E-state index contributed by atoms with van der Waals surface area (Å²) in [5.74, 6) is -0.443. The number of nitrogens with one attached hydrogen (secondary N) is 1. The Balaban J connectivity index is 1.77. The van der Waals surface area contributed by atoms with Gasteiger partial charge in [-0.25, -0.2) is 4.79 Å². The Kier molecular flexibility index (Phi) is 7.25. The predicted octanol–water partition coefficient (Wildman–Crippen LogP) is 3.03. The zero-order valence-corrected chi connectivity index (χ0v) is 14.3. The van der Waals surface area contributed by atoms with Crippen molar-refractivity contribution >= 4 is 11.9 Å². The molecular weight excluding hydrogens is 306 g/mol. The Bertz CT molecular complexity index is 552. The summed E-state index contributed by atoms with van der Waals surface area (Å²) >= 11 is 0. The molecule has 1 unspecified atom stereocenters. The number of ether oxygens (including phenoxy) is 1. The number of carbonyl (C=O) groups is 2. The number of carboxylic acids is 1. The summed E-state index contributed by atoms with van der Waals surface area (Å²) in [7, 11) is 0. The number of benzene rings is 1. The van der Waals surface area contributed by atoms with Crippen LogP contribution in [0.2, 0.25) is 0 Å². The van der Waals surface area contributed by atoms with Crippen LogP contribution in [0.3, 0.4) is 0 Å². The molecule has 0 saturated heterocycles. The lowest BCUT2D eigenvalue weighted by molar-refractivity contribution is -0.120. The first-order valence-electron chi connectivity index (χ1n) is 8.80. The molecule has 2 rings (SSSR count). The molecule has 1 atom stereocenters. The maximum Gasteiger partial charge on any atom is 0.335 e. The molecule has 0 aliphatic heterocycles. The molecule has 1 amide bonds. The highest BCUT2D eigenvalue weighted by molar-refractivity contribution is 5.88. The van der Waals surface area contributed by atoms with E-state index in [2.05, 4.69) is 5.32 Å². The summed E-state index contributed by atoms with van der Waals surface area (Å²) in [6.07, 6.45) is 6.26. The van der Waals surface area contributed by atoms with Crippen molar-refractivity contribution < 1.29 is 19.4 Å².